The van der Waals surface area contributed by atoms with E-state index in [0.29, 0.717) is 28.5 Å². The minimum absolute atomic E-state index is 0.186. The maximum absolute atomic E-state index is 13.7. The summed E-state index contributed by atoms with van der Waals surface area (Å²) in [4.78, 5) is 41.3. The van der Waals surface area contributed by atoms with Gasteiger partial charge in [0.2, 0.25) is 0 Å². The SMILES string of the molecule is COc1cc2cc(c1)C(=O)N[C@H]1CN(C(=O)c3cccn4cnnc34)C[C@@H]1Oc1ccc(c(OC)c1)CNC(=O)CO2. The Kier molecular flexibility index (Phi) is 7.21. The number of ether oxygens (including phenoxy) is 4. The normalized spacial score (nSPS) is 18.8. The van der Waals surface area contributed by atoms with Crippen LogP contribution < -0.4 is 29.6 Å². The largest absolute Gasteiger partial charge is 0.497 e. The Labute approximate surface area is 240 Å². The topological polar surface area (TPSA) is 146 Å². The van der Waals surface area contributed by atoms with Crippen LogP contribution in [0.2, 0.25) is 0 Å². The molecule has 13 heteroatoms. The van der Waals surface area contributed by atoms with Crippen molar-refractivity contribution in [2.45, 2.75) is 18.7 Å². The molecule has 0 aliphatic carbocycles. The van der Waals surface area contributed by atoms with Crippen molar-refractivity contribution in [1.29, 1.82) is 0 Å². The van der Waals surface area contributed by atoms with Crippen LogP contribution in [0.15, 0.2) is 61.1 Å². The third-order valence-corrected chi connectivity index (χ3v) is 7.19. The molecule has 1 saturated heterocycles. The molecule has 5 heterocycles. The van der Waals surface area contributed by atoms with E-state index in [1.165, 1.54) is 26.6 Å². The van der Waals surface area contributed by atoms with Gasteiger partial charge in [-0.15, -0.1) is 10.2 Å². The van der Waals surface area contributed by atoms with Gasteiger partial charge in [0.25, 0.3) is 17.7 Å². The molecule has 2 atom stereocenters. The van der Waals surface area contributed by atoms with Gasteiger partial charge in [0.05, 0.1) is 32.4 Å². The first-order valence-electron chi connectivity index (χ1n) is 13.2. The monoisotopic (exact) mass is 572 g/mol. The van der Waals surface area contributed by atoms with Gasteiger partial charge in [-0.2, -0.15) is 0 Å². The minimum atomic E-state index is -0.595. The summed E-state index contributed by atoms with van der Waals surface area (Å²) in [5.74, 6) is 0.635. The molecule has 4 bridgehead atoms. The number of fused-ring (bicyclic) bond motifs is 8. The summed E-state index contributed by atoms with van der Waals surface area (Å²) in [5, 5.41) is 13.8. The van der Waals surface area contributed by atoms with E-state index in [0.717, 1.165) is 5.56 Å². The zero-order valence-corrected chi connectivity index (χ0v) is 22.9. The molecule has 2 aromatic carbocycles. The highest BCUT2D eigenvalue weighted by Crippen LogP contribution is 2.29. The standard InChI is InChI=1S/C29H28N6O7/c1-39-20-8-18-9-21(10-20)41-15-26(36)30-12-17-5-6-19(11-24(17)40-2)42-25-14-35(13-23(25)32-28(18)37)29(38)22-4-3-7-34-16-31-33-27(22)34/h3-11,16,23,25H,12-15H2,1-2H3,(H,30,36)(H,32,37)/t23-,25-/m0/s1. The molecule has 2 aromatic heterocycles. The van der Waals surface area contributed by atoms with Crippen LogP contribution in [0.1, 0.15) is 26.3 Å². The second-order valence-electron chi connectivity index (χ2n) is 9.87. The summed E-state index contributed by atoms with van der Waals surface area (Å²) in [6.45, 7) is 0.326. The first-order chi connectivity index (χ1) is 20.4. The molecule has 13 nitrogen and oxygen atoms in total. The minimum Gasteiger partial charge on any atom is -0.497 e. The highest BCUT2D eigenvalue weighted by Gasteiger charge is 2.39. The Bertz CT molecular complexity index is 1670. The Morgan fingerprint density at radius 1 is 1.05 bits per heavy atom. The molecule has 0 saturated carbocycles. The van der Waals surface area contributed by atoms with Crippen LogP contribution in [0.4, 0.5) is 0 Å². The summed E-state index contributed by atoms with van der Waals surface area (Å²) in [6.07, 6.45) is 2.69. The van der Waals surface area contributed by atoms with Crippen molar-refractivity contribution in [3.63, 3.8) is 0 Å². The maximum Gasteiger partial charge on any atom is 0.258 e. The molecule has 3 aliphatic rings. The van der Waals surface area contributed by atoms with Crippen LogP contribution in [0, 0.1) is 0 Å². The molecule has 2 N–H and O–H groups in total. The summed E-state index contributed by atoms with van der Waals surface area (Å²) < 4.78 is 24.6. The van der Waals surface area contributed by atoms with E-state index >= 15 is 0 Å². The van der Waals surface area contributed by atoms with Crippen molar-refractivity contribution in [1.82, 2.24) is 30.1 Å². The molecule has 0 unspecified atom stereocenters. The molecule has 3 amide bonds. The molecule has 4 aromatic rings. The Morgan fingerprint density at radius 2 is 1.93 bits per heavy atom. The predicted octanol–water partition coefficient (Wildman–Crippen LogP) is 1.46. The summed E-state index contributed by atoms with van der Waals surface area (Å²) in [5.41, 5.74) is 1.82. The van der Waals surface area contributed by atoms with Crippen molar-refractivity contribution in [2.24, 2.45) is 0 Å². The lowest BCUT2D eigenvalue weighted by atomic mass is 10.1. The fourth-order valence-electron chi connectivity index (χ4n) is 5.05. The second kappa shape index (κ2) is 11.3. The fourth-order valence-corrected chi connectivity index (χ4v) is 5.05. The molecular weight excluding hydrogens is 544 g/mol. The maximum atomic E-state index is 13.7. The lowest BCUT2D eigenvalue weighted by Crippen LogP contribution is -2.45. The van der Waals surface area contributed by atoms with Gasteiger partial charge >= 0.3 is 0 Å². The Balaban J connectivity index is 1.35. The number of hydrogen-bond donors (Lipinski definition) is 2. The van der Waals surface area contributed by atoms with Crippen molar-refractivity contribution in [2.75, 3.05) is 33.9 Å². The van der Waals surface area contributed by atoms with Gasteiger partial charge in [-0.3, -0.25) is 18.8 Å². The molecule has 1 fully saturated rings. The van der Waals surface area contributed by atoms with Gasteiger partial charge in [-0.1, -0.05) is 0 Å². The molecule has 42 heavy (non-hydrogen) atoms. The van der Waals surface area contributed by atoms with E-state index in [1.807, 2.05) is 0 Å². The van der Waals surface area contributed by atoms with Crippen LogP contribution in [-0.2, 0) is 11.3 Å². The highest BCUT2D eigenvalue weighted by atomic mass is 16.5. The molecule has 3 aliphatic heterocycles. The van der Waals surface area contributed by atoms with Gasteiger partial charge < -0.3 is 34.5 Å². The number of hydrogen-bond acceptors (Lipinski definition) is 9. The van der Waals surface area contributed by atoms with Gasteiger partial charge in [-0.25, -0.2) is 0 Å². The third kappa shape index (κ3) is 5.36. The first-order valence-corrected chi connectivity index (χ1v) is 13.2. The average molecular weight is 573 g/mol. The van der Waals surface area contributed by atoms with Crippen LogP contribution in [0.5, 0.6) is 23.0 Å². The lowest BCUT2D eigenvalue weighted by Gasteiger charge is -2.22. The lowest BCUT2D eigenvalue weighted by molar-refractivity contribution is -0.123. The molecular formula is C29H28N6O7. The van der Waals surface area contributed by atoms with Crippen molar-refractivity contribution < 1.29 is 33.3 Å². The number of aromatic nitrogens is 3. The van der Waals surface area contributed by atoms with E-state index in [2.05, 4.69) is 20.8 Å². The fraction of sp³-hybridized carbons (Fsp3) is 0.276. The first kappa shape index (κ1) is 26.9. The Morgan fingerprint density at radius 3 is 2.76 bits per heavy atom. The smallest absolute Gasteiger partial charge is 0.258 e. The van der Waals surface area contributed by atoms with E-state index in [-0.39, 0.29) is 49.4 Å². The number of carbonyl (C=O) groups excluding carboxylic acids is 3. The van der Waals surface area contributed by atoms with Crippen molar-refractivity contribution in [3.8, 4) is 23.0 Å². The number of rotatable bonds is 3. The van der Waals surface area contributed by atoms with Crippen LogP contribution >= 0.6 is 0 Å². The zero-order valence-electron chi connectivity index (χ0n) is 22.9. The molecule has 0 radical (unpaired) electrons. The van der Waals surface area contributed by atoms with Gasteiger partial charge in [0.15, 0.2) is 12.3 Å². The second-order valence-corrected chi connectivity index (χ2v) is 9.87. The number of benzene rings is 2. The van der Waals surface area contributed by atoms with E-state index in [4.69, 9.17) is 18.9 Å². The van der Waals surface area contributed by atoms with Crippen molar-refractivity contribution >= 4 is 23.4 Å². The third-order valence-electron chi connectivity index (χ3n) is 7.19. The van der Waals surface area contributed by atoms with E-state index in [9.17, 15) is 14.4 Å². The van der Waals surface area contributed by atoms with E-state index < -0.39 is 18.1 Å². The summed E-state index contributed by atoms with van der Waals surface area (Å²) in [6, 6.07) is 12.8. The Hall–Kier alpha value is -5.33. The number of amides is 3. The number of nitrogens with zero attached hydrogens (tertiary/aromatic N) is 4. The van der Waals surface area contributed by atoms with Gasteiger partial charge in [-0.05, 0) is 36.4 Å². The number of nitrogens with one attached hydrogen (secondary N) is 2. The number of pyridine rings is 1. The number of likely N-dealkylation sites (tertiary alicyclic amines) is 1. The van der Waals surface area contributed by atoms with Crippen LogP contribution in [0.3, 0.4) is 0 Å². The highest BCUT2D eigenvalue weighted by molar-refractivity contribution is 6.00. The van der Waals surface area contributed by atoms with Gasteiger partial charge in [0, 0.05) is 42.5 Å². The summed E-state index contributed by atoms with van der Waals surface area (Å²) >= 11 is 0. The van der Waals surface area contributed by atoms with Crippen molar-refractivity contribution in [3.05, 3.63) is 77.7 Å². The molecule has 7 rings (SSSR count). The van der Waals surface area contributed by atoms with Crippen LogP contribution in [-0.4, -0.2) is 83.3 Å². The quantitative estimate of drug-likeness (QED) is 0.373. The summed E-state index contributed by atoms with van der Waals surface area (Å²) in [7, 11) is 3.00. The van der Waals surface area contributed by atoms with Crippen LogP contribution in [0.25, 0.3) is 5.65 Å². The van der Waals surface area contributed by atoms with E-state index in [1.54, 1.807) is 58.0 Å². The number of carbonyl (C=O) groups is 3. The number of methoxy groups -OCH3 is 2. The average Bonchev–Trinajstić information content (AvgIpc) is 3.65. The predicted molar refractivity (Wildman–Crippen MR) is 148 cm³/mol. The molecule has 0 spiro atoms. The zero-order chi connectivity index (χ0) is 29.2. The molecule has 216 valence electrons. The van der Waals surface area contributed by atoms with Gasteiger partial charge in [0.1, 0.15) is 35.4 Å².